The average molecular weight is 125 g/mol. The van der Waals surface area contributed by atoms with E-state index < -0.39 is 0 Å². The normalized spacial score (nSPS) is 16.4. The van der Waals surface area contributed by atoms with Gasteiger partial charge in [-0.1, -0.05) is 18.2 Å². The highest BCUT2D eigenvalue weighted by Gasteiger charge is 1.98. The standard InChI is InChI=1S/C5H5.ClH.Mg/c1-2-4-5-3-1;;/h1-3H,4H2;1H;/q;;+1/p-1. The Morgan fingerprint density at radius 3 is 2.86 bits per heavy atom. The second-order valence-electron chi connectivity index (χ2n) is 1.59. The van der Waals surface area contributed by atoms with Crippen LogP contribution in [0.15, 0.2) is 21.9 Å². The van der Waals surface area contributed by atoms with Crippen LogP contribution in [0.2, 0.25) is 0 Å². The average Bonchev–Trinajstić information content (AvgIpc) is 2.14. The van der Waals surface area contributed by atoms with Gasteiger partial charge < -0.3 is 9.07 Å². The minimum Gasteiger partial charge on any atom is -0.336 e. The highest BCUT2D eigenvalue weighted by molar-refractivity contribution is 6.97. The summed E-state index contributed by atoms with van der Waals surface area (Å²) in [6.07, 6.45) is 7.46. The predicted molar refractivity (Wildman–Crippen MR) is 33.4 cm³/mol. The number of hydrogen-bond acceptors (Lipinski definition) is 0. The first-order valence-corrected chi connectivity index (χ1v) is 5.18. The molecule has 0 radical (unpaired) electrons. The number of halogens is 1. The molecule has 0 bridgehead atoms. The zero-order valence-corrected chi connectivity index (χ0v) is 6.19. The van der Waals surface area contributed by atoms with Gasteiger partial charge in [-0.2, -0.15) is 3.70 Å². The Balaban J connectivity index is 2.45. The number of allylic oxidation sites excluding steroid dienone is 4. The fraction of sp³-hybridized carbons (Fsp3) is 0.200. The summed E-state index contributed by atoms with van der Waals surface area (Å²) in [6.45, 7) is 0. The van der Waals surface area contributed by atoms with Crippen LogP contribution < -0.4 is 0 Å². The quantitative estimate of drug-likeness (QED) is 0.467. The van der Waals surface area contributed by atoms with E-state index in [1.807, 2.05) is 0 Å². The van der Waals surface area contributed by atoms with Crippen LogP contribution in [0.25, 0.3) is 0 Å². The fourth-order valence-electron chi connectivity index (χ4n) is 0.591. The molecule has 0 fully saturated rings. The van der Waals surface area contributed by atoms with Gasteiger partial charge in [-0.25, -0.2) is 0 Å². The largest absolute Gasteiger partial charge is 0.534 e. The monoisotopic (exact) mass is 124 g/mol. The van der Waals surface area contributed by atoms with E-state index in [0.717, 1.165) is 6.42 Å². The third-order valence-corrected chi connectivity index (χ3v) is 2.92. The second kappa shape index (κ2) is 2.75. The molecule has 0 nitrogen and oxygen atoms in total. The smallest absolute Gasteiger partial charge is 0.336 e. The number of hydrogen-bond donors (Lipinski definition) is 0. The zero-order chi connectivity index (χ0) is 5.11. The summed E-state index contributed by atoms with van der Waals surface area (Å²) in [5, 5.41) is 0. The lowest BCUT2D eigenvalue weighted by molar-refractivity contribution is 1.40. The molecule has 0 aliphatic heterocycles. The molecule has 0 atom stereocenters. The Bertz CT molecular complexity index is 115. The van der Waals surface area contributed by atoms with Crippen molar-refractivity contribution >= 4 is 28.3 Å². The van der Waals surface area contributed by atoms with Gasteiger partial charge in [0.1, 0.15) is 0 Å². The van der Waals surface area contributed by atoms with E-state index in [1.54, 1.807) is 0 Å². The Labute approximate surface area is 56.7 Å². The molecule has 34 valence electrons. The molecular weight excluding hydrogens is 120 g/mol. The molecular formula is C5H5ClMg. The van der Waals surface area contributed by atoms with Crippen molar-refractivity contribution in [2.75, 3.05) is 0 Å². The predicted octanol–water partition coefficient (Wildman–Crippen LogP) is 1.69. The van der Waals surface area contributed by atoms with E-state index in [0.29, 0.717) is 0 Å². The van der Waals surface area contributed by atoms with Crippen molar-refractivity contribution in [1.82, 2.24) is 0 Å². The summed E-state index contributed by atoms with van der Waals surface area (Å²) in [5.41, 5.74) is 0. The molecule has 1 aliphatic rings. The van der Waals surface area contributed by atoms with Crippen LogP contribution in [0.5, 0.6) is 0 Å². The van der Waals surface area contributed by atoms with Crippen LogP contribution in [-0.2, 0) is 0 Å². The lowest BCUT2D eigenvalue weighted by atomic mass is 10.5. The van der Waals surface area contributed by atoms with E-state index in [9.17, 15) is 0 Å². The Morgan fingerprint density at radius 1 is 1.71 bits per heavy atom. The molecule has 0 saturated heterocycles. The van der Waals surface area contributed by atoms with Crippen LogP contribution in [0, 0.1) is 0 Å². The first-order chi connectivity index (χ1) is 3.43. The van der Waals surface area contributed by atoms with Crippen molar-refractivity contribution in [2.45, 2.75) is 6.42 Å². The molecule has 0 saturated carbocycles. The third kappa shape index (κ3) is 1.48. The van der Waals surface area contributed by atoms with E-state index >= 15 is 0 Å². The molecule has 2 heteroatoms. The zero-order valence-electron chi connectivity index (χ0n) is 4.02. The van der Waals surface area contributed by atoms with Crippen molar-refractivity contribution < 1.29 is 0 Å². The van der Waals surface area contributed by atoms with Gasteiger partial charge >= 0.3 is 19.3 Å². The summed E-state index contributed by atoms with van der Waals surface area (Å²) in [6, 6.07) is 0. The maximum absolute atomic E-state index is 5.64. The molecule has 0 aromatic heterocycles. The Morgan fingerprint density at radius 2 is 2.57 bits per heavy atom. The highest BCUT2D eigenvalue weighted by Crippen LogP contribution is 2.08. The molecule has 0 amide bonds. The molecule has 0 heterocycles. The summed E-state index contributed by atoms with van der Waals surface area (Å²) in [4.78, 5) is 0. The first-order valence-electron chi connectivity index (χ1n) is 2.34. The van der Waals surface area contributed by atoms with Gasteiger partial charge in [-0.15, -0.1) is 0 Å². The highest BCUT2D eigenvalue weighted by atomic mass is 35.5. The van der Waals surface area contributed by atoms with E-state index in [2.05, 4.69) is 18.2 Å². The van der Waals surface area contributed by atoms with Gasteiger partial charge in [0.25, 0.3) is 0 Å². The van der Waals surface area contributed by atoms with Gasteiger partial charge in [0.05, 0.1) is 0 Å². The van der Waals surface area contributed by atoms with Gasteiger partial charge in [-0.05, 0) is 6.42 Å². The molecule has 0 unspecified atom stereocenters. The molecule has 7 heavy (non-hydrogen) atoms. The lowest BCUT2D eigenvalue weighted by Gasteiger charge is -1.84. The molecule has 0 aromatic carbocycles. The summed E-state index contributed by atoms with van der Waals surface area (Å²) < 4.78 is 1.46. The summed E-state index contributed by atoms with van der Waals surface area (Å²) in [7, 11) is 5.64. The van der Waals surface area contributed by atoms with Gasteiger partial charge in [-0.3, -0.25) is 0 Å². The topological polar surface area (TPSA) is 0 Å². The molecule has 1 aliphatic carbocycles. The Hall–Kier alpha value is 0.536. The SMILES string of the molecule is [Cl][Mg][C]1=CC=CC1. The van der Waals surface area contributed by atoms with Gasteiger partial charge in [0.2, 0.25) is 0 Å². The number of rotatable bonds is 1. The van der Waals surface area contributed by atoms with Crippen LogP contribution >= 0.6 is 9.07 Å². The van der Waals surface area contributed by atoms with Gasteiger partial charge in [0, 0.05) is 0 Å². The molecule has 1 rings (SSSR count). The Kier molecular flexibility index (Phi) is 2.23. The van der Waals surface area contributed by atoms with Crippen LogP contribution in [0.4, 0.5) is 0 Å². The third-order valence-electron chi connectivity index (χ3n) is 1.02. The maximum Gasteiger partial charge on any atom is 0.534 e. The fourth-order valence-corrected chi connectivity index (χ4v) is 1.69. The van der Waals surface area contributed by atoms with Crippen LogP contribution in [-0.4, -0.2) is 19.3 Å². The van der Waals surface area contributed by atoms with E-state index in [1.165, 1.54) is 3.70 Å². The minimum absolute atomic E-state index is 0.339. The van der Waals surface area contributed by atoms with Crippen molar-refractivity contribution in [3.05, 3.63) is 21.9 Å². The van der Waals surface area contributed by atoms with Crippen LogP contribution in [0.3, 0.4) is 0 Å². The second-order valence-corrected chi connectivity index (χ2v) is 3.57. The molecule has 0 spiro atoms. The molecule has 0 aromatic rings. The van der Waals surface area contributed by atoms with Crippen molar-refractivity contribution in [3.63, 3.8) is 0 Å². The van der Waals surface area contributed by atoms with Crippen molar-refractivity contribution in [3.8, 4) is 0 Å². The van der Waals surface area contributed by atoms with Crippen LogP contribution in [0.1, 0.15) is 6.42 Å². The van der Waals surface area contributed by atoms with E-state index in [4.69, 9.17) is 9.07 Å². The molecule has 0 N–H and O–H groups in total. The van der Waals surface area contributed by atoms with Gasteiger partial charge in [0.15, 0.2) is 0 Å². The lowest BCUT2D eigenvalue weighted by Crippen LogP contribution is -1.80. The van der Waals surface area contributed by atoms with Crippen molar-refractivity contribution in [1.29, 1.82) is 0 Å². The maximum atomic E-state index is 5.64. The minimum atomic E-state index is -0.339. The summed E-state index contributed by atoms with van der Waals surface area (Å²) in [5.74, 6) is 0. The van der Waals surface area contributed by atoms with Crippen molar-refractivity contribution in [2.24, 2.45) is 0 Å². The first kappa shape index (κ1) is 5.67. The van der Waals surface area contributed by atoms with E-state index in [-0.39, 0.29) is 19.3 Å². The summed E-state index contributed by atoms with van der Waals surface area (Å²) >= 11 is -0.339.